The molecule has 2 aromatic rings. The van der Waals surface area contributed by atoms with E-state index >= 15 is 0 Å². The van der Waals surface area contributed by atoms with Crippen molar-refractivity contribution in [2.24, 2.45) is 13.0 Å². The molecule has 1 N–H and O–H groups in total. The number of rotatable bonds is 3. The van der Waals surface area contributed by atoms with Crippen LogP contribution < -0.4 is 4.90 Å². The Morgan fingerprint density at radius 2 is 2.08 bits per heavy atom. The Morgan fingerprint density at radius 1 is 1.35 bits per heavy atom. The van der Waals surface area contributed by atoms with Crippen molar-refractivity contribution in [3.05, 3.63) is 23.7 Å². The van der Waals surface area contributed by atoms with Crippen LogP contribution in [0.15, 0.2) is 12.3 Å². The third kappa shape index (κ3) is 3.49. The van der Waals surface area contributed by atoms with E-state index in [1.807, 2.05) is 0 Å². The number of hydrogen-bond donors (Lipinski definition) is 1. The molecule has 26 heavy (non-hydrogen) atoms. The standard InChI is InChI=1S/C16H18F3N5O2/c1-9-11(7-20-23(9)2)12-6-13(16(17,18)19)22-15(21-12)24-5-3-4-10(8-24)14(25)26/h6-7,10H,3-5,8H2,1-2H3,(H,25,26). The lowest BCUT2D eigenvalue weighted by Crippen LogP contribution is -2.40. The molecule has 7 nitrogen and oxygen atoms in total. The first-order valence-electron chi connectivity index (χ1n) is 8.10. The summed E-state index contributed by atoms with van der Waals surface area (Å²) in [5.41, 5.74) is 0.210. The van der Waals surface area contributed by atoms with Crippen LogP contribution in [0.4, 0.5) is 19.1 Å². The molecule has 0 saturated carbocycles. The topological polar surface area (TPSA) is 84.1 Å². The number of carbonyl (C=O) groups is 1. The second kappa shape index (κ2) is 6.58. The summed E-state index contributed by atoms with van der Waals surface area (Å²) < 4.78 is 41.5. The summed E-state index contributed by atoms with van der Waals surface area (Å²) in [4.78, 5) is 20.7. The number of aryl methyl sites for hydroxylation is 1. The van der Waals surface area contributed by atoms with E-state index in [4.69, 9.17) is 0 Å². The van der Waals surface area contributed by atoms with Gasteiger partial charge in [-0.3, -0.25) is 9.48 Å². The Morgan fingerprint density at radius 3 is 2.65 bits per heavy atom. The number of carboxylic acids is 1. The first-order valence-corrected chi connectivity index (χ1v) is 8.10. The Balaban J connectivity index is 2.06. The number of alkyl halides is 3. The maximum absolute atomic E-state index is 13.3. The van der Waals surface area contributed by atoms with Gasteiger partial charge in [0, 0.05) is 31.4 Å². The average Bonchev–Trinajstić information content (AvgIpc) is 2.93. The third-order valence-electron chi connectivity index (χ3n) is 4.57. The van der Waals surface area contributed by atoms with Crippen LogP contribution >= 0.6 is 0 Å². The summed E-state index contributed by atoms with van der Waals surface area (Å²) in [5.74, 6) is -1.72. The number of anilines is 1. The average molecular weight is 369 g/mol. The van der Waals surface area contributed by atoms with E-state index in [2.05, 4.69) is 15.1 Å². The van der Waals surface area contributed by atoms with Crippen LogP contribution in [0.1, 0.15) is 24.2 Å². The molecule has 140 valence electrons. The molecule has 0 spiro atoms. The van der Waals surface area contributed by atoms with Gasteiger partial charge in [-0.25, -0.2) is 9.97 Å². The highest BCUT2D eigenvalue weighted by atomic mass is 19.4. The smallest absolute Gasteiger partial charge is 0.433 e. The summed E-state index contributed by atoms with van der Waals surface area (Å²) >= 11 is 0. The molecular weight excluding hydrogens is 351 g/mol. The zero-order chi connectivity index (χ0) is 19.1. The van der Waals surface area contributed by atoms with E-state index < -0.39 is 23.8 Å². The summed E-state index contributed by atoms with van der Waals surface area (Å²) in [6.07, 6.45) is -2.14. The van der Waals surface area contributed by atoms with Crippen molar-refractivity contribution >= 4 is 11.9 Å². The molecule has 1 aliphatic rings. The maximum atomic E-state index is 13.3. The number of aliphatic carboxylic acids is 1. The zero-order valence-corrected chi connectivity index (χ0v) is 14.3. The van der Waals surface area contributed by atoms with Crippen LogP contribution in [-0.2, 0) is 18.0 Å². The SMILES string of the molecule is Cc1c(-c2cc(C(F)(F)F)nc(N3CCCC(C(=O)O)C3)n2)cnn1C. The first kappa shape index (κ1) is 18.2. The predicted octanol–water partition coefficient (Wildman–Crippen LogP) is 2.51. The molecule has 1 saturated heterocycles. The number of piperidine rings is 1. The van der Waals surface area contributed by atoms with E-state index in [9.17, 15) is 23.1 Å². The van der Waals surface area contributed by atoms with Crippen molar-refractivity contribution in [3.8, 4) is 11.3 Å². The van der Waals surface area contributed by atoms with Crippen LogP contribution in [0.3, 0.4) is 0 Å². The lowest BCUT2D eigenvalue weighted by molar-refractivity contribution is -0.142. The first-order chi connectivity index (χ1) is 12.2. The number of nitrogens with zero attached hydrogens (tertiary/aromatic N) is 5. The second-order valence-corrected chi connectivity index (χ2v) is 6.33. The maximum Gasteiger partial charge on any atom is 0.433 e. The van der Waals surface area contributed by atoms with Gasteiger partial charge >= 0.3 is 12.1 Å². The number of aromatic nitrogens is 4. The summed E-state index contributed by atoms with van der Waals surface area (Å²) in [6.45, 7) is 2.23. The van der Waals surface area contributed by atoms with E-state index in [0.29, 0.717) is 30.6 Å². The Labute approximate surface area is 147 Å². The largest absolute Gasteiger partial charge is 0.481 e. The molecule has 1 aliphatic heterocycles. The van der Waals surface area contributed by atoms with Crippen molar-refractivity contribution in [1.29, 1.82) is 0 Å². The number of hydrogen-bond acceptors (Lipinski definition) is 5. The van der Waals surface area contributed by atoms with E-state index in [1.54, 1.807) is 18.7 Å². The molecule has 0 aromatic carbocycles. The van der Waals surface area contributed by atoms with Gasteiger partial charge in [0.05, 0.1) is 17.8 Å². The Hall–Kier alpha value is -2.65. The molecule has 10 heteroatoms. The van der Waals surface area contributed by atoms with Gasteiger partial charge in [0.25, 0.3) is 0 Å². The van der Waals surface area contributed by atoms with Gasteiger partial charge in [0.1, 0.15) is 0 Å². The summed E-state index contributed by atoms with van der Waals surface area (Å²) in [5, 5.41) is 13.2. The fourth-order valence-electron chi connectivity index (χ4n) is 2.97. The second-order valence-electron chi connectivity index (χ2n) is 6.33. The molecular formula is C16H18F3N5O2. The molecule has 3 heterocycles. The van der Waals surface area contributed by atoms with Crippen molar-refractivity contribution < 1.29 is 23.1 Å². The molecule has 3 rings (SSSR count). The predicted molar refractivity (Wildman–Crippen MR) is 86.5 cm³/mol. The van der Waals surface area contributed by atoms with Gasteiger partial charge in [0.15, 0.2) is 5.69 Å². The van der Waals surface area contributed by atoms with Gasteiger partial charge in [-0.1, -0.05) is 0 Å². The quantitative estimate of drug-likeness (QED) is 0.895. The van der Waals surface area contributed by atoms with E-state index in [-0.39, 0.29) is 18.2 Å². The molecule has 2 aromatic heterocycles. The minimum atomic E-state index is -4.63. The van der Waals surface area contributed by atoms with Crippen molar-refractivity contribution in [2.45, 2.75) is 25.9 Å². The van der Waals surface area contributed by atoms with Crippen molar-refractivity contribution in [1.82, 2.24) is 19.7 Å². The van der Waals surface area contributed by atoms with Gasteiger partial charge < -0.3 is 10.0 Å². The summed E-state index contributed by atoms with van der Waals surface area (Å²) in [7, 11) is 1.69. The number of halogens is 3. The van der Waals surface area contributed by atoms with E-state index in [0.717, 1.165) is 6.07 Å². The monoisotopic (exact) mass is 369 g/mol. The third-order valence-corrected chi connectivity index (χ3v) is 4.57. The van der Waals surface area contributed by atoms with Crippen LogP contribution in [0.25, 0.3) is 11.3 Å². The Bertz CT molecular complexity index is 834. The Kier molecular flexibility index (Phi) is 4.59. The highest BCUT2D eigenvalue weighted by Gasteiger charge is 2.35. The van der Waals surface area contributed by atoms with Gasteiger partial charge in [0.2, 0.25) is 5.95 Å². The lowest BCUT2D eigenvalue weighted by Gasteiger charge is -2.31. The van der Waals surface area contributed by atoms with Crippen LogP contribution in [0.5, 0.6) is 0 Å². The molecule has 1 atom stereocenters. The zero-order valence-electron chi connectivity index (χ0n) is 14.3. The molecule has 0 amide bonds. The minimum absolute atomic E-state index is 0.0854. The van der Waals surface area contributed by atoms with Crippen LogP contribution in [0.2, 0.25) is 0 Å². The highest BCUT2D eigenvalue weighted by molar-refractivity contribution is 5.71. The van der Waals surface area contributed by atoms with E-state index in [1.165, 1.54) is 11.1 Å². The minimum Gasteiger partial charge on any atom is -0.481 e. The summed E-state index contributed by atoms with van der Waals surface area (Å²) in [6, 6.07) is 0.895. The van der Waals surface area contributed by atoms with Crippen LogP contribution in [0, 0.1) is 12.8 Å². The van der Waals surface area contributed by atoms with Gasteiger partial charge in [-0.2, -0.15) is 18.3 Å². The van der Waals surface area contributed by atoms with Crippen molar-refractivity contribution in [3.63, 3.8) is 0 Å². The normalized spacial score (nSPS) is 18.2. The molecule has 1 unspecified atom stereocenters. The molecule has 1 fully saturated rings. The van der Waals surface area contributed by atoms with Crippen molar-refractivity contribution in [2.75, 3.05) is 18.0 Å². The molecule has 0 radical (unpaired) electrons. The fraction of sp³-hybridized carbons (Fsp3) is 0.500. The fourth-order valence-corrected chi connectivity index (χ4v) is 2.97. The number of carboxylic acid groups (broad SMARTS) is 1. The molecule has 0 aliphatic carbocycles. The van der Waals surface area contributed by atoms with Gasteiger partial charge in [-0.05, 0) is 25.8 Å². The lowest BCUT2D eigenvalue weighted by atomic mass is 9.99. The molecule has 0 bridgehead atoms. The van der Waals surface area contributed by atoms with Gasteiger partial charge in [-0.15, -0.1) is 0 Å². The highest BCUT2D eigenvalue weighted by Crippen LogP contribution is 2.33. The van der Waals surface area contributed by atoms with Crippen LogP contribution in [-0.4, -0.2) is 43.9 Å².